The van der Waals surface area contributed by atoms with Crippen LogP contribution in [0.15, 0.2) is 17.3 Å². The fourth-order valence-corrected chi connectivity index (χ4v) is 2.17. The van der Waals surface area contributed by atoms with Crippen LogP contribution in [-0.4, -0.2) is 30.9 Å². The van der Waals surface area contributed by atoms with Gasteiger partial charge in [0, 0.05) is 12.1 Å². The van der Waals surface area contributed by atoms with E-state index >= 15 is 0 Å². The van der Waals surface area contributed by atoms with Crippen molar-refractivity contribution in [3.63, 3.8) is 0 Å². The first-order chi connectivity index (χ1) is 11.1. The fraction of sp³-hybridized carbons (Fsp3) is 0.200. The van der Waals surface area contributed by atoms with E-state index in [1.165, 1.54) is 0 Å². The van der Waals surface area contributed by atoms with Gasteiger partial charge in [0.1, 0.15) is 0 Å². The molecule has 0 atom stereocenters. The summed E-state index contributed by atoms with van der Waals surface area (Å²) < 4.78 is 39.1. The number of benzene rings is 1. The van der Waals surface area contributed by atoms with Gasteiger partial charge in [0.05, 0.1) is 15.4 Å². The summed E-state index contributed by atoms with van der Waals surface area (Å²) in [4.78, 5) is 23.6. The van der Waals surface area contributed by atoms with Crippen molar-refractivity contribution in [2.24, 2.45) is 0 Å². The Bertz CT molecular complexity index is 801. The van der Waals surface area contributed by atoms with Gasteiger partial charge in [-0.05, 0) is 6.26 Å². The highest BCUT2D eigenvalue weighted by Crippen LogP contribution is 2.40. The molecule has 2 aromatic rings. The summed E-state index contributed by atoms with van der Waals surface area (Å²) in [5, 5.41) is 26.1. The molecule has 0 unspecified atom stereocenters. The van der Waals surface area contributed by atoms with E-state index in [1.807, 2.05) is 0 Å². The van der Waals surface area contributed by atoms with Crippen LogP contribution in [0.4, 0.5) is 30.5 Å². The zero-order chi connectivity index (χ0) is 18.2. The molecule has 0 saturated carbocycles. The van der Waals surface area contributed by atoms with Crippen LogP contribution < -0.4 is 5.73 Å². The third-order valence-corrected chi connectivity index (χ3v) is 3.34. The molecule has 0 saturated heterocycles. The number of alkyl halides is 3. The fourth-order valence-electron chi connectivity index (χ4n) is 1.82. The third kappa shape index (κ3) is 3.08. The molecule has 0 aliphatic carbocycles. The number of hydrogen-bond donors (Lipinski definition) is 1. The molecule has 24 heavy (non-hydrogen) atoms. The monoisotopic (exact) mass is 364 g/mol. The molecule has 1 aromatic heterocycles. The standard InChI is InChI=1S/C10H7F3N6O4S/c1-24-9-15-8(14)17(16-9)7-5(18(20)21)2-4(10(11,12)13)3-6(7)19(22)23/h2-3H,1H3,(H2,14,15,16). The van der Waals surface area contributed by atoms with Crippen LogP contribution in [0, 0.1) is 20.2 Å². The van der Waals surface area contributed by atoms with Gasteiger partial charge in [-0.15, -0.1) is 5.10 Å². The van der Waals surface area contributed by atoms with Crippen LogP contribution >= 0.6 is 11.8 Å². The molecule has 14 heteroatoms. The topological polar surface area (TPSA) is 143 Å². The lowest BCUT2D eigenvalue weighted by Gasteiger charge is -2.10. The SMILES string of the molecule is CSc1nc(N)n(-c2c([N+](=O)[O-])cc(C(F)(F)F)cc2[N+](=O)[O-])n1. The van der Waals surface area contributed by atoms with Crippen molar-refractivity contribution in [3.8, 4) is 5.69 Å². The van der Waals surface area contributed by atoms with E-state index in [0.29, 0.717) is 4.68 Å². The van der Waals surface area contributed by atoms with Gasteiger partial charge in [-0.2, -0.15) is 22.8 Å². The zero-order valence-electron chi connectivity index (χ0n) is 11.6. The minimum atomic E-state index is -5.01. The van der Waals surface area contributed by atoms with E-state index in [2.05, 4.69) is 10.1 Å². The highest BCUT2D eigenvalue weighted by atomic mass is 32.2. The van der Waals surface area contributed by atoms with Gasteiger partial charge >= 0.3 is 17.6 Å². The molecule has 2 rings (SSSR count). The van der Waals surface area contributed by atoms with Crippen LogP contribution in [0.3, 0.4) is 0 Å². The summed E-state index contributed by atoms with van der Waals surface area (Å²) in [5.41, 5.74) is 0.851. The van der Waals surface area contributed by atoms with Crippen LogP contribution in [0.25, 0.3) is 5.69 Å². The number of nitrogens with zero attached hydrogens (tertiary/aromatic N) is 5. The van der Waals surface area contributed by atoms with Gasteiger partial charge in [-0.25, -0.2) is 0 Å². The molecule has 0 fully saturated rings. The Labute approximate surface area is 134 Å². The average Bonchev–Trinajstić information content (AvgIpc) is 2.85. The number of nitro groups is 2. The van der Waals surface area contributed by atoms with Gasteiger partial charge in [-0.3, -0.25) is 20.2 Å². The molecular formula is C10H7F3N6O4S. The number of aromatic nitrogens is 3. The molecule has 10 nitrogen and oxygen atoms in total. The number of nitrogen functional groups attached to an aromatic ring is 1. The van der Waals surface area contributed by atoms with Crippen LogP contribution in [0.1, 0.15) is 5.56 Å². The summed E-state index contributed by atoms with van der Waals surface area (Å²) >= 11 is 0.992. The van der Waals surface area contributed by atoms with Crippen LogP contribution in [-0.2, 0) is 6.18 Å². The zero-order valence-corrected chi connectivity index (χ0v) is 12.5. The number of nitrogens with two attached hydrogens (primary N) is 1. The summed E-state index contributed by atoms with van der Waals surface area (Å²) in [7, 11) is 0. The van der Waals surface area contributed by atoms with Crippen molar-refractivity contribution in [1.29, 1.82) is 0 Å². The molecule has 0 amide bonds. The first-order valence-corrected chi connectivity index (χ1v) is 7.09. The second-order valence-electron chi connectivity index (χ2n) is 4.24. The maximum Gasteiger partial charge on any atom is 0.416 e. The van der Waals surface area contributed by atoms with Crippen LogP contribution in [0.2, 0.25) is 0 Å². The first kappa shape index (κ1) is 17.5. The Morgan fingerprint density at radius 3 is 2.04 bits per heavy atom. The summed E-state index contributed by atoms with van der Waals surface area (Å²) in [5.74, 6) is -0.440. The Morgan fingerprint density at radius 1 is 1.21 bits per heavy atom. The predicted octanol–water partition coefficient (Wildman–Crippen LogP) is 2.41. The molecule has 0 spiro atoms. The molecule has 0 bridgehead atoms. The Hall–Kier alpha value is -2.90. The van der Waals surface area contributed by atoms with Crippen molar-refractivity contribution in [1.82, 2.24) is 14.8 Å². The van der Waals surface area contributed by atoms with Crippen LogP contribution in [0.5, 0.6) is 0 Å². The van der Waals surface area contributed by atoms with E-state index in [9.17, 15) is 33.4 Å². The van der Waals surface area contributed by atoms with Crippen molar-refractivity contribution in [2.75, 3.05) is 12.0 Å². The smallest absolute Gasteiger partial charge is 0.368 e. The molecule has 1 heterocycles. The van der Waals surface area contributed by atoms with Gasteiger partial charge in [-0.1, -0.05) is 11.8 Å². The van der Waals surface area contributed by atoms with Gasteiger partial charge in [0.2, 0.25) is 16.8 Å². The highest BCUT2D eigenvalue weighted by molar-refractivity contribution is 7.98. The van der Waals surface area contributed by atoms with Gasteiger partial charge < -0.3 is 5.73 Å². The number of hydrogen-bond acceptors (Lipinski definition) is 8. The summed E-state index contributed by atoms with van der Waals surface area (Å²) in [6.45, 7) is 0. The quantitative estimate of drug-likeness (QED) is 0.495. The van der Waals surface area contributed by atoms with Gasteiger partial charge in [0.25, 0.3) is 0 Å². The lowest BCUT2D eigenvalue weighted by Crippen LogP contribution is -2.12. The number of thioether (sulfide) groups is 1. The van der Waals surface area contributed by atoms with E-state index < -0.39 is 44.6 Å². The predicted molar refractivity (Wildman–Crippen MR) is 75.9 cm³/mol. The molecule has 1 aromatic carbocycles. The van der Waals surface area contributed by atoms with E-state index in [-0.39, 0.29) is 17.3 Å². The summed E-state index contributed by atoms with van der Waals surface area (Å²) in [6.07, 6.45) is -3.46. The Morgan fingerprint density at radius 2 is 1.71 bits per heavy atom. The average molecular weight is 364 g/mol. The second-order valence-corrected chi connectivity index (χ2v) is 5.02. The maximum absolute atomic E-state index is 12.8. The Balaban J connectivity index is 2.89. The lowest BCUT2D eigenvalue weighted by molar-refractivity contribution is -0.394. The molecular weight excluding hydrogens is 357 g/mol. The third-order valence-electron chi connectivity index (χ3n) is 2.80. The number of halogens is 3. The number of rotatable bonds is 4. The van der Waals surface area contributed by atoms with Crippen molar-refractivity contribution in [3.05, 3.63) is 37.9 Å². The van der Waals surface area contributed by atoms with Gasteiger partial charge in [0.15, 0.2) is 0 Å². The molecule has 2 N–H and O–H groups in total. The maximum atomic E-state index is 12.8. The number of anilines is 1. The van der Waals surface area contributed by atoms with Crippen molar-refractivity contribution < 1.29 is 23.0 Å². The largest absolute Gasteiger partial charge is 0.416 e. The molecule has 0 aliphatic rings. The van der Waals surface area contributed by atoms with E-state index in [4.69, 9.17) is 5.73 Å². The highest BCUT2D eigenvalue weighted by Gasteiger charge is 2.39. The lowest BCUT2D eigenvalue weighted by atomic mass is 10.1. The minimum Gasteiger partial charge on any atom is -0.368 e. The molecule has 0 aliphatic heterocycles. The second kappa shape index (κ2) is 5.95. The number of nitro benzene ring substituents is 2. The van der Waals surface area contributed by atoms with Crippen molar-refractivity contribution >= 4 is 29.1 Å². The van der Waals surface area contributed by atoms with E-state index in [0.717, 1.165) is 11.8 Å². The first-order valence-electron chi connectivity index (χ1n) is 5.87. The summed E-state index contributed by atoms with van der Waals surface area (Å²) in [6, 6.07) is 0.366. The van der Waals surface area contributed by atoms with E-state index in [1.54, 1.807) is 6.26 Å². The Kier molecular flexibility index (Phi) is 4.33. The molecule has 0 radical (unpaired) electrons. The molecule has 128 valence electrons. The minimum absolute atomic E-state index is 0.0380. The normalized spacial score (nSPS) is 11.5. The van der Waals surface area contributed by atoms with Crippen molar-refractivity contribution in [2.45, 2.75) is 11.3 Å².